The molecule has 1 aliphatic rings. The molecular weight excluding hydrogens is 271 g/mol. The Labute approximate surface area is 115 Å². The van der Waals surface area contributed by atoms with Gasteiger partial charge in [0.2, 0.25) is 5.91 Å². The Kier molecular flexibility index (Phi) is 4.65. The zero-order chi connectivity index (χ0) is 14.6. The monoisotopic (exact) mass is 287 g/mol. The molecule has 1 unspecified atom stereocenters. The van der Waals surface area contributed by atoms with E-state index in [9.17, 15) is 18.0 Å². The molecule has 1 aliphatic heterocycles. The normalized spacial score (nSPS) is 19.1. The fraction of sp³-hybridized carbons (Fsp3) is 0.500. The number of nitrogens with one attached hydrogen (secondary N) is 1. The van der Waals surface area contributed by atoms with Crippen LogP contribution in [0.25, 0.3) is 0 Å². The van der Waals surface area contributed by atoms with Crippen molar-refractivity contribution >= 4 is 5.91 Å². The number of halogens is 3. The van der Waals surface area contributed by atoms with Crippen LogP contribution >= 0.6 is 0 Å². The summed E-state index contributed by atoms with van der Waals surface area (Å²) >= 11 is 0. The lowest BCUT2D eigenvalue weighted by molar-refractivity contribution is -0.137. The van der Waals surface area contributed by atoms with Crippen molar-refractivity contribution in [3.63, 3.8) is 0 Å². The second kappa shape index (κ2) is 6.26. The summed E-state index contributed by atoms with van der Waals surface area (Å²) < 4.78 is 43.0. The van der Waals surface area contributed by atoms with Gasteiger partial charge in [0.05, 0.1) is 18.1 Å². The molecule has 6 heteroatoms. The van der Waals surface area contributed by atoms with E-state index >= 15 is 0 Å². The van der Waals surface area contributed by atoms with Crippen LogP contribution in [0.1, 0.15) is 24.0 Å². The SMILES string of the molecule is O=C(Cc1cccc(C(F)(F)F)c1)NCC1CCCO1. The first kappa shape index (κ1) is 14.8. The van der Waals surface area contributed by atoms with E-state index < -0.39 is 11.7 Å². The minimum atomic E-state index is -4.38. The molecule has 1 fully saturated rings. The zero-order valence-electron chi connectivity index (χ0n) is 10.9. The van der Waals surface area contributed by atoms with Crippen LogP contribution in [0.4, 0.5) is 13.2 Å². The summed E-state index contributed by atoms with van der Waals surface area (Å²) in [5.74, 6) is -0.292. The Bertz CT molecular complexity index is 468. The third-order valence-corrected chi connectivity index (χ3v) is 3.17. The standard InChI is InChI=1S/C14H16F3NO2/c15-14(16,17)11-4-1-3-10(7-11)8-13(19)18-9-12-5-2-6-20-12/h1,3-4,7,12H,2,5-6,8-9H2,(H,18,19). The number of carbonyl (C=O) groups excluding carboxylic acids is 1. The Morgan fingerprint density at radius 3 is 2.85 bits per heavy atom. The van der Waals surface area contributed by atoms with Crippen LogP contribution in [-0.2, 0) is 22.1 Å². The molecule has 0 aromatic heterocycles. The third-order valence-electron chi connectivity index (χ3n) is 3.17. The van der Waals surface area contributed by atoms with Gasteiger partial charge in [0.15, 0.2) is 0 Å². The Hall–Kier alpha value is -1.56. The van der Waals surface area contributed by atoms with Crippen LogP contribution in [0.2, 0.25) is 0 Å². The predicted molar refractivity (Wildman–Crippen MR) is 67.1 cm³/mol. The van der Waals surface area contributed by atoms with Gasteiger partial charge in [0.25, 0.3) is 0 Å². The lowest BCUT2D eigenvalue weighted by Crippen LogP contribution is -2.32. The molecule has 0 bridgehead atoms. The Balaban J connectivity index is 1.87. The molecule has 0 radical (unpaired) electrons. The van der Waals surface area contributed by atoms with Crippen LogP contribution < -0.4 is 5.32 Å². The number of carbonyl (C=O) groups is 1. The highest BCUT2D eigenvalue weighted by atomic mass is 19.4. The lowest BCUT2D eigenvalue weighted by atomic mass is 10.1. The number of alkyl halides is 3. The van der Waals surface area contributed by atoms with Crippen molar-refractivity contribution in [2.45, 2.75) is 31.5 Å². The molecule has 20 heavy (non-hydrogen) atoms. The van der Waals surface area contributed by atoms with E-state index in [0.717, 1.165) is 25.0 Å². The first-order valence-electron chi connectivity index (χ1n) is 6.49. The molecule has 1 amide bonds. The topological polar surface area (TPSA) is 38.3 Å². The fourth-order valence-corrected chi connectivity index (χ4v) is 2.14. The van der Waals surface area contributed by atoms with Gasteiger partial charge in [-0.2, -0.15) is 13.2 Å². The van der Waals surface area contributed by atoms with Gasteiger partial charge >= 0.3 is 6.18 Å². The highest BCUT2D eigenvalue weighted by molar-refractivity contribution is 5.78. The lowest BCUT2D eigenvalue weighted by Gasteiger charge is -2.11. The van der Waals surface area contributed by atoms with Crippen molar-refractivity contribution < 1.29 is 22.7 Å². The Morgan fingerprint density at radius 1 is 1.40 bits per heavy atom. The molecule has 1 saturated heterocycles. The van der Waals surface area contributed by atoms with Crippen LogP contribution in [0, 0.1) is 0 Å². The van der Waals surface area contributed by atoms with E-state index in [2.05, 4.69) is 5.32 Å². The van der Waals surface area contributed by atoms with E-state index in [1.54, 1.807) is 0 Å². The smallest absolute Gasteiger partial charge is 0.376 e. The van der Waals surface area contributed by atoms with Crippen LogP contribution in [0.3, 0.4) is 0 Å². The molecule has 3 nitrogen and oxygen atoms in total. The van der Waals surface area contributed by atoms with Crippen molar-refractivity contribution in [2.24, 2.45) is 0 Å². The van der Waals surface area contributed by atoms with E-state index in [4.69, 9.17) is 4.74 Å². The first-order valence-corrected chi connectivity index (χ1v) is 6.49. The molecule has 2 rings (SSSR count). The molecule has 1 aromatic carbocycles. The maximum atomic E-state index is 12.5. The summed E-state index contributed by atoms with van der Waals surface area (Å²) in [5, 5.41) is 2.69. The third kappa shape index (κ3) is 4.23. The van der Waals surface area contributed by atoms with E-state index in [0.29, 0.717) is 18.7 Å². The first-order chi connectivity index (χ1) is 9.45. The zero-order valence-corrected chi connectivity index (χ0v) is 10.9. The second-order valence-electron chi connectivity index (χ2n) is 4.81. The van der Waals surface area contributed by atoms with Crippen molar-refractivity contribution in [3.05, 3.63) is 35.4 Å². The van der Waals surface area contributed by atoms with Crippen molar-refractivity contribution in [1.82, 2.24) is 5.32 Å². The molecule has 0 saturated carbocycles. The van der Waals surface area contributed by atoms with E-state index in [-0.39, 0.29) is 18.4 Å². The number of hydrogen-bond donors (Lipinski definition) is 1. The summed E-state index contributed by atoms with van der Waals surface area (Å²) in [5.41, 5.74) is -0.383. The maximum Gasteiger partial charge on any atom is 0.416 e. The number of rotatable bonds is 4. The minimum absolute atomic E-state index is 0.0282. The average molecular weight is 287 g/mol. The Morgan fingerprint density at radius 2 is 2.20 bits per heavy atom. The molecule has 1 N–H and O–H groups in total. The van der Waals surface area contributed by atoms with Gasteiger partial charge in [-0.1, -0.05) is 18.2 Å². The van der Waals surface area contributed by atoms with Gasteiger partial charge in [-0.3, -0.25) is 4.79 Å². The summed E-state index contributed by atoms with van der Waals surface area (Å²) in [4.78, 5) is 11.7. The molecule has 110 valence electrons. The summed E-state index contributed by atoms with van der Waals surface area (Å²) in [6.45, 7) is 1.12. The summed E-state index contributed by atoms with van der Waals surface area (Å²) in [7, 11) is 0. The van der Waals surface area contributed by atoms with E-state index in [1.165, 1.54) is 12.1 Å². The quantitative estimate of drug-likeness (QED) is 0.924. The minimum Gasteiger partial charge on any atom is -0.376 e. The number of ether oxygens (including phenoxy) is 1. The highest BCUT2D eigenvalue weighted by Crippen LogP contribution is 2.29. The van der Waals surface area contributed by atoms with Crippen LogP contribution in [0.5, 0.6) is 0 Å². The largest absolute Gasteiger partial charge is 0.416 e. The molecule has 0 aliphatic carbocycles. The summed E-state index contributed by atoms with van der Waals surface area (Å²) in [6, 6.07) is 4.83. The molecule has 1 atom stereocenters. The van der Waals surface area contributed by atoms with Crippen molar-refractivity contribution in [2.75, 3.05) is 13.2 Å². The van der Waals surface area contributed by atoms with Gasteiger partial charge in [0.1, 0.15) is 0 Å². The van der Waals surface area contributed by atoms with Crippen LogP contribution in [0.15, 0.2) is 24.3 Å². The van der Waals surface area contributed by atoms with Gasteiger partial charge in [-0.25, -0.2) is 0 Å². The fourth-order valence-electron chi connectivity index (χ4n) is 2.14. The van der Waals surface area contributed by atoms with Gasteiger partial charge in [0, 0.05) is 13.2 Å². The molecular formula is C14H16F3NO2. The van der Waals surface area contributed by atoms with Gasteiger partial charge in [-0.15, -0.1) is 0 Å². The second-order valence-corrected chi connectivity index (χ2v) is 4.81. The average Bonchev–Trinajstić information content (AvgIpc) is 2.89. The van der Waals surface area contributed by atoms with Gasteiger partial charge < -0.3 is 10.1 Å². The van der Waals surface area contributed by atoms with Crippen LogP contribution in [-0.4, -0.2) is 25.2 Å². The predicted octanol–water partition coefficient (Wildman–Crippen LogP) is 2.54. The molecule has 1 aromatic rings. The number of hydrogen-bond acceptors (Lipinski definition) is 2. The summed E-state index contributed by atoms with van der Waals surface area (Å²) in [6.07, 6.45) is -2.53. The van der Waals surface area contributed by atoms with Crippen molar-refractivity contribution in [1.29, 1.82) is 0 Å². The maximum absolute atomic E-state index is 12.5. The molecule has 1 heterocycles. The van der Waals surface area contributed by atoms with Gasteiger partial charge in [-0.05, 0) is 24.5 Å². The van der Waals surface area contributed by atoms with E-state index in [1.807, 2.05) is 0 Å². The molecule has 0 spiro atoms. The number of amides is 1. The number of benzene rings is 1. The van der Waals surface area contributed by atoms with Crippen molar-refractivity contribution in [3.8, 4) is 0 Å². The highest BCUT2D eigenvalue weighted by Gasteiger charge is 2.30.